The van der Waals surface area contributed by atoms with Gasteiger partial charge in [-0.2, -0.15) is 0 Å². The molecule has 3 rings (SSSR count). The molecule has 0 aliphatic heterocycles. The molecule has 0 unspecified atom stereocenters. The lowest BCUT2D eigenvalue weighted by atomic mass is 10.2. The molecule has 5 nitrogen and oxygen atoms in total. The number of benzene rings is 3. The number of aliphatic hydroxyl groups is 1. The fourth-order valence-corrected chi connectivity index (χ4v) is 2.86. The number of rotatable bonds is 10. The Bertz CT molecular complexity index is 908. The van der Waals surface area contributed by atoms with Crippen LogP contribution in [0, 0.1) is 0 Å². The molecule has 0 amide bonds. The predicted molar refractivity (Wildman–Crippen MR) is 112 cm³/mol. The van der Waals surface area contributed by atoms with Crippen LogP contribution in [0.2, 0.25) is 0 Å². The lowest BCUT2D eigenvalue weighted by Crippen LogP contribution is -2.02. The van der Waals surface area contributed by atoms with Crippen LogP contribution in [-0.4, -0.2) is 18.8 Å². The van der Waals surface area contributed by atoms with E-state index in [4.69, 9.17) is 18.9 Å². The number of hydrogen-bond donors (Lipinski definition) is 1. The minimum atomic E-state index is -0.0429. The zero-order valence-electron chi connectivity index (χ0n) is 16.8. The second-order valence-corrected chi connectivity index (χ2v) is 6.42. The third-order valence-corrected chi connectivity index (χ3v) is 4.35. The lowest BCUT2D eigenvalue weighted by Gasteiger charge is -2.15. The lowest BCUT2D eigenvalue weighted by molar-refractivity contribution is 0.264. The Morgan fingerprint density at radius 3 is 1.93 bits per heavy atom. The Kier molecular flexibility index (Phi) is 7.36. The van der Waals surface area contributed by atoms with Gasteiger partial charge >= 0.3 is 0 Å². The first-order chi connectivity index (χ1) is 14.2. The van der Waals surface area contributed by atoms with Crippen molar-refractivity contribution in [2.75, 3.05) is 13.7 Å². The smallest absolute Gasteiger partial charge is 0.161 e. The molecule has 1 N–H and O–H groups in total. The fourth-order valence-electron chi connectivity index (χ4n) is 2.86. The van der Waals surface area contributed by atoms with Crippen molar-refractivity contribution in [1.82, 2.24) is 0 Å². The second kappa shape index (κ2) is 10.4. The summed E-state index contributed by atoms with van der Waals surface area (Å²) in [5.41, 5.74) is 2.82. The zero-order chi connectivity index (χ0) is 20.5. The summed E-state index contributed by atoms with van der Waals surface area (Å²) in [5, 5.41) is 9.26. The van der Waals surface area contributed by atoms with E-state index in [1.807, 2.05) is 61.5 Å². The largest absolute Gasteiger partial charge is 0.493 e. The molecule has 0 aliphatic carbocycles. The van der Waals surface area contributed by atoms with Gasteiger partial charge in [0.25, 0.3) is 0 Å². The van der Waals surface area contributed by atoms with Crippen LogP contribution < -0.4 is 18.9 Å². The van der Waals surface area contributed by atoms with Crippen LogP contribution in [0.1, 0.15) is 23.6 Å². The van der Waals surface area contributed by atoms with Gasteiger partial charge in [-0.1, -0.05) is 42.5 Å². The van der Waals surface area contributed by atoms with Crippen LogP contribution in [0.15, 0.2) is 66.7 Å². The van der Waals surface area contributed by atoms with Gasteiger partial charge in [-0.3, -0.25) is 0 Å². The minimum absolute atomic E-state index is 0.0429. The normalized spacial score (nSPS) is 10.4. The van der Waals surface area contributed by atoms with E-state index in [0.29, 0.717) is 42.8 Å². The summed E-state index contributed by atoms with van der Waals surface area (Å²) in [5.74, 6) is 2.59. The molecule has 29 heavy (non-hydrogen) atoms. The van der Waals surface area contributed by atoms with Crippen molar-refractivity contribution >= 4 is 0 Å². The standard InChI is InChI=1S/C24H26O5/c1-3-27-24-14-20(10-12-22(24)28-16-18-7-5-4-6-8-18)17-29-21-11-9-19(15-25)13-23(21)26-2/h4-14,25H,3,15-17H2,1-2H3. The molecule has 0 aromatic heterocycles. The molecular formula is C24H26O5. The molecular weight excluding hydrogens is 368 g/mol. The second-order valence-electron chi connectivity index (χ2n) is 6.42. The Morgan fingerprint density at radius 2 is 1.28 bits per heavy atom. The Morgan fingerprint density at radius 1 is 0.655 bits per heavy atom. The monoisotopic (exact) mass is 394 g/mol. The van der Waals surface area contributed by atoms with E-state index in [1.54, 1.807) is 19.2 Å². The Hall–Kier alpha value is -3.18. The van der Waals surface area contributed by atoms with Gasteiger partial charge in [0.05, 0.1) is 20.3 Å². The maximum absolute atomic E-state index is 9.26. The molecule has 0 saturated heterocycles. The molecule has 3 aromatic rings. The minimum Gasteiger partial charge on any atom is -0.493 e. The van der Waals surface area contributed by atoms with Gasteiger partial charge in [0, 0.05) is 0 Å². The van der Waals surface area contributed by atoms with Crippen LogP contribution in [-0.2, 0) is 19.8 Å². The SMILES string of the molecule is CCOc1cc(COc2ccc(CO)cc2OC)ccc1OCc1ccccc1. The van der Waals surface area contributed by atoms with Crippen LogP contribution in [0.3, 0.4) is 0 Å². The summed E-state index contributed by atoms with van der Waals surface area (Å²) in [6.07, 6.45) is 0. The molecule has 0 atom stereocenters. The maximum Gasteiger partial charge on any atom is 0.161 e. The van der Waals surface area contributed by atoms with Gasteiger partial charge in [-0.15, -0.1) is 0 Å². The van der Waals surface area contributed by atoms with E-state index in [2.05, 4.69) is 0 Å². The maximum atomic E-state index is 9.26. The topological polar surface area (TPSA) is 57.2 Å². The number of ether oxygens (including phenoxy) is 4. The van der Waals surface area contributed by atoms with E-state index in [9.17, 15) is 5.11 Å². The number of aliphatic hydroxyl groups excluding tert-OH is 1. The van der Waals surface area contributed by atoms with Gasteiger partial charge in [0.2, 0.25) is 0 Å². The first-order valence-electron chi connectivity index (χ1n) is 9.56. The highest BCUT2D eigenvalue weighted by molar-refractivity contribution is 5.45. The molecule has 0 heterocycles. The first-order valence-corrected chi connectivity index (χ1v) is 9.56. The highest BCUT2D eigenvalue weighted by Gasteiger charge is 2.10. The van der Waals surface area contributed by atoms with Crippen molar-refractivity contribution in [2.45, 2.75) is 26.7 Å². The van der Waals surface area contributed by atoms with Gasteiger partial charge in [-0.25, -0.2) is 0 Å². The van der Waals surface area contributed by atoms with E-state index in [0.717, 1.165) is 16.7 Å². The van der Waals surface area contributed by atoms with Gasteiger partial charge in [-0.05, 0) is 47.9 Å². The van der Waals surface area contributed by atoms with Gasteiger partial charge < -0.3 is 24.1 Å². The van der Waals surface area contributed by atoms with E-state index >= 15 is 0 Å². The van der Waals surface area contributed by atoms with Crippen molar-refractivity contribution < 1.29 is 24.1 Å². The van der Waals surface area contributed by atoms with Gasteiger partial charge in [0.1, 0.15) is 13.2 Å². The van der Waals surface area contributed by atoms with Gasteiger partial charge in [0.15, 0.2) is 23.0 Å². The van der Waals surface area contributed by atoms with Crippen molar-refractivity contribution in [3.8, 4) is 23.0 Å². The van der Waals surface area contributed by atoms with Crippen LogP contribution in [0.5, 0.6) is 23.0 Å². The molecule has 152 valence electrons. The average Bonchev–Trinajstić information content (AvgIpc) is 2.77. The fraction of sp³-hybridized carbons (Fsp3) is 0.250. The summed E-state index contributed by atoms with van der Waals surface area (Å²) in [6, 6.07) is 21.2. The van der Waals surface area contributed by atoms with Crippen LogP contribution >= 0.6 is 0 Å². The summed E-state index contributed by atoms with van der Waals surface area (Å²) >= 11 is 0. The Labute approximate surface area is 171 Å². The quantitative estimate of drug-likeness (QED) is 0.538. The van der Waals surface area contributed by atoms with E-state index in [1.165, 1.54) is 0 Å². The molecule has 0 saturated carbocycles. The number of methoxy groups -OCH3 is 1. The third-order valence-electron chi connectivity index (χ3n) is 4.35. The highest BCUT2D eigenvalue weighted by atomic mass is 16.5. The first kappa shape index (κ1) is 20.6. The van der Waals surface area contributed by atoms with Crippen molar-refractivity contribution in [2.24, 2.45) is 0 Å². The van der Waals surface area contributed by atoms with Crippen LogP contribution in [0.4, 0.5) is 0 Å². The average molecular weight is 394 g/mol. The summed E-state index contributed by atoms with van der Waals surface area (Å²) in [6.45, 7) is 3.28. The van der Waals surface area contributed by atoms with E-state index < -0.39 is 0 Å². The predicted octanol–water partition coefficient (Wildman–Crippen LogP) is 4.74. The van der Waals surface area contributed by atoms with E-state index in [-0.39, 0.29) is 6.61 Å². The zero-order valence-corrected chi connectivity index (χ0v) is 16.8. The Balaban J connectivity index is 1.69. The highest BCUT2D eigenvalue weighted by Crippen LogP contribution is 2.32. The summed E-state index contributed by atoms with van der Waals surface area (Å²) < 4.78 is 23.0. The van der Waals surface area contributed by atoms with Crippen molar-refractivity contribution in [3.05, 3.63) is 83.4 Å². The van der Waals surface area contributed by atoms with Crippen LogP contribution in [0.25, 0.3) is 0 Å². The summed E-state index contributed by atoms with van der Waals surface area (Å²) in [4.78, 5) is 0. The number of hydrogen-bond acceptors (Lipinski definition) is 5. The molecule has 0 spiro atoms. The third kappa shape index (κ3) is 5.65. The molecule has 0 aliphatic rings. The van der Waals surface area contributed by atoms with Crippen molar-refractivity contribution in [3.63, 3.8) is 0 Å². The molecule has 0 fully saturated rings. The molecule has 5 heteroatoms. The molecule has 0 bridgehead atoms. The summed E-state index contributed by atoms with van der Waals surface area (Å²) in [7, 11) is 1.58. The van der Waals surface area contributed by atoms with Crippen molar-refractivity contribution in [1.29, 1.82) is 0 Å². The molecule has 3 aromatic carbocycles. The molecule has 0 radical (unpaired) electrons.